The molecule has 1 fully saturated rings. The van der Waals surface area contributed by atoms with Gasteiger partial charge in [-0.15, -0.1) is 0 Å². The molecule has 1 amide bonds. The summed E-state index contributed by atoms with van der Waals surface area (Å²) >= 11 is 1.98. The number of imidazole rings is 1. The number of para-hydroxylation sites is 2. The van der Waals surface area contributed by atoms with E-state index in [9.17, 15) is 4.79 Å². The maximum Gasteiger partial charge on any atom is 0.222 e. The minimum atomic E-state index is -0.125. The topological polar surface area (TPSA) is 62.7 Å². The molecule has 1 aliphatic rings. The number of hydrogen-bond donors (Lipinski definition) is 2. The Morgan fingerprint density at radius 1 is 1.21 bits per heavy atom. The van der Waals surface area contributed by atoms with Crippen molar-refractivity contribution in [3.05, 3.63) is 54.6 Å². The standard InChI is InChI=1S/C22H28N4OS/c1-16(2)20(21-23-17-7-3-4-8-18(17)24-21)25-19(27)15-22(9-13-28-14-10-22)26-11-5-6-12-26/h3-8,11-12,16,20H,9-10,13-15H2,1-2H3,(H,23,24)(H,25,27). The summed E-state index contributed by atoms with van der Waals surface area (Å²) in [7, 11) is 0. The average molecular weight is 397 g/mol. The van der Waals surface area contributed by atoms with Crippen molar-refractivity contribution < 1.29 is 4.79 Å². The zero-order valence-electron chi connectivity index (χ0n) is 16.5. The molecule has 5 nitrogen and oxygen atoms in total. The second kappa shape index (κ2) is 8.03. The fraction of sp³-hybridized carbons (Fsp3) is 0.455. The molecule has 2 aromatic heterocycles. The molecular formula is C22H28N4OS. The number of nitrogens with one attached hydrogen (secondary N) is 2. The SMILES string of the molecule is CC(C)C(NC(=O)CC1(n2cccc2)CCSCC1)c1nc2ccccc2[nH]1. The van der Waals surface area contributed by atoms with Crippen molar-refractivity contribution in [3.63, 3.8) is 0 Å². The number of H-pyrrole nitrogens is 1. The van der Waals surface area contributed by atoms with Gasteiger partial charge in [0.2, 0.25) is 5.91 Å². The Labute approximate surface area is 170 Å². The van der Waals surface area contributed by atoms with Crippen LogP contribution in [0.1, 0.15) is 45.0 Å². The molecule has 0 saturated carbocycles. The number of amides is 1. The third kappa shape index (κ3) is 3.83. The molecular weight excluding hydrogens is 368 g/mol. The molecule has 28 heavy (non-hydrogen) atoms. The van der Waals surface area contributed by atoms with Crippen LogP contribution in [0.4, 0.5) is 0 Å². The summed E-state index contributed by atoms with van der Waals surface area (Å²) in [4.78, 5) is 21.3. The van der Waals surface area contributed by atoms with Gasteiger partial charge in [-0.1, -0.05) is 26.0 Å². The highest BCUT2D eigenvalue weighted by molar-refractivity contribution is 7.99. The van der Waals surface area contributed by atoms with E-state index in [1.165, 1.54) is 0 Å². The van der Waals surface area contributed by atoms with E-state index in [0.29, 0.717) is 6.42 Å². The zero-order chi connectivity index (χ0) is 19.6. The van der Waals surface area contributed by atoms with Crippen LogP contribution >= 0.6 is 11.8 Å². The van der Waals surface area contributed by atoms with Gasteiger partial charge in [-0.3, -0.25) is 4.79 Å². The predicted octanol–water partition coefficient (Wildman–Crippen LogP) is 4.49. The van der Waals surface area contributed by atoms with Gasteiger partial charge in [-0.05, 0) is 54.5 Å². The number of fused-ring (bicyclic) bond motifs is 1. The molecule has 2 N–H and O–H groups in total. The third-order valence-electron chi connectivity index (χ3n) is 5.75. The molecule has 1 aliphatic heterocycles. The molecule has 0 aliphatic carbocycles. The predicted molar refractivity (Wildman–Crippen MR) is 115 cm³/mol. The lowest BCUT2D eigenvalue weighted by Gasteiger charge is -2.38. The molecule has 6 heteroatoms. The first kappa shape index (κ1) is 19.1. The van der Waals surface area contributed by atoms with E-state index in [1.807, 2.05) is 48.2 Å². The van der Waals surface area contributed by atoms with Crippen LogP contribution in [0.5, 0.6) is 0 Å². The Balaban J connectivity index is 1.54. The van der Waals surface area contributed by atoms with E-state index in [-0.39, 0.29) is 23.4 Å². The van der Waals surface area contributed by atoms with Crippen LogP contribution in [0.2, 0.25) is 0 Å². The highest BCUT2D eigenvalue weighted by Gasteiger charge is 2.36. The molecule has 0 radical (unpaired) electrons. The summed E-state index contributed by atoms with van der Waals surface area (Å²) in [6, 6.07) is 12.0. The maximum atomic E-state index is 13.1. The molecule has 1 aromatic carbocycles. The largest absolute Gasteiger partial charge is 0.348 e. The molecule has 1 unspecified atom stereocenters. The maximum absolute atomic E-state index is 13.1. The van der Waals surface area contributed by atoms with Gasteiger partial charge in [0, 0.05) is 12.4 Å². The summed E-state index contributed by atoms with van der Waals surface area (Å²) in [6.45, 7) is 4.24. The van der Waals surface area contributed by atoms with Gasteiger partial charge in [0.15, 0.2) is 0 Å². The summed E-state index contributed by atoms with van der Waals surface area (Å²) in [6.07, 6.45) is 6.75. The van der Waals surface area contributed by atoms with E-state index < -0.39 is 0 Å². The summed E-state index contributed by atoms with van der Waals surface area (Å²) in [5, 5.41) is 3.27. The summed E-state index contributed by atoms with van der Waals surface area (Å²) in [5.74, 6) is 3.37. The lowest BCUT2D eigenvalue weighted by atomic mass is 9.87. The van der Waals surface area contributed by atoms with Gasteiger partial charge in [0.25, 0.3) is 0 Å². The first-order chi connectivity index (χ1) is 13.6. The number of aromatic amines is 1. The number of carbonyl (C=O) groups excluding carboxylic acids is 1. The smallest absolute Gasteiger partial charge is 0.222 e. The number of benzene rings is 1. The number of aromatic nitrogens is 3. The normalized spacial score (nSPS) is 17.7. The summed E-state index contributed by atoms with van der Waals surface area (Å²) in [5.41, 5.74) is 1.82. The number of rotatable bonds is 6. The lowest BCUT2D eigenvalue weighted by Crippen LogP contribution is -2.43. The van der Waals surface area contributed by atoms with Crippen LogP contribution in [0.25, 0.3) is 11.0 Å². The van der Waals surface area contributed by atoms with Gasteiger partial charge in [0.05, 0.1) is 29.0 Å². The molecule has 0 spiro atoms. The van der Waals surface area contributed by atoms with Crippen molar-refractivity contribution >= 4 is 28.7 Å². The van der Waals surface area contributed by atoms with Crippen LogP contribution < -0.4 is 5.32 Å². The highest BCUT2D eigenvalue weighted by Crippen LogP contribution is 2.37. The fourth-order valence-corrected chi connectivity index (χ4v) is 5.38. The first-order valence-corrected chi connectivity index (χ1v) is 11.2. The van der Waals surface area contributed by atoms with Crippen molar-refractivity contribution in [2.45, 2.75) is 44.7 Å². The van der Waals surface area contributed by atoms with Gasteiger partial charge in [-0.2, -0.15) is 11.8 Å². The minimum absolute atomic E-state index is 0.0970. The van der Waals surface area contributed by atoms with Gasteiger partial charge >= 0.3 is 0 Å². The second-order valence-electron chi connectivity index (χ2n) is 8.03. The fourth-order valence-electron chi connectivity index (χ4n) is 4.12. The molecule has 3 heterocycles. The van der Waals surface area contributed by atoms with E-state index in [0.717, 1.165) is 41.2 Å². The molecule has 0 bridgehead atoms. The van der Waals surface area contributed by atoms with Crippen molar-refractivity contribution in [3.8, 4) is 0 Å². The van der Waals surface area contributed by atoms with Crippen LogP contribution in [0.15, 0.2) is 48.8 Å². The Morgan fingerprint density at radius 2 is 1.93 bits per heavy atom. The molecule has 4 rings (SSSR count). The van der Waals surface area contributed by atoms with E-state index in [1.54, 1.807) is 0 Å². The third-order valence-corrected chi connectivity index (χ3v) is 6.74. The van der Waals surface area contributed by atoms with Crippen LogP contribution in [0, 0.1) is 5.92 Å². The molecule has 1 saturated heterocycles. The van der Waals surface area contributed by atoms with Crippen LogP contribution in [-0.4, -0.2) is 31.9 Å². The van der Waals surface area contributed by atoms with E-state index >= 15 is 0 Å². The monoisotopic (exact) mass is 396 g/mol. The Kier molecular flexibility index (Phi) is 5.49. The number of hydrogen-bond acceptors (Lipinski definition) is 3. The first-order valence-electron chi connectivity index (χ1n) is 10.0. The molecule has 148 valence electrons. The van der Waals surface area contributed by atoms with Gasteiger partial charge < -0.3 is 14.9 Å². The number of carbonyl (C=O) groups is 1. The van der Waals surface area contributed by atoms with Crippen LogP contribution in [-0.2, 0) is 10.3 Å². The van der Waals surface area contributed by atoms with E-state index in [2.05, 4.69) is 41.1 Å². The number of nitrogens with zero attached hydrogens (tertiary/aromatic N) is 2. The highest BCUT2D eigenvalue weighted by atomic mass is 32.2. The average Bonchev–Trinajstić information content (AvgIpc) is 3.36. The minimum Gasteiger partial charge on any atom is -0.348 e. The van der Waals surface area contributed by atoms with Gasteiger partial charge in [0.1, 0.15) is 5.82 Å². The van der Waals surface area contributed by atoms with Crippen LogP contribution in [0.3, 0.4) is 0 Å². The zero-order valence-corrected chi connectivity index (χ0v) is 17.3. The Bertz CT molecular complexity index is 892. The lowest BCUT2D eigenvalue weighted by molar-refractivity contribution is -0.124. The molecule has 3 aromatic rings. The van der Waals surface area contributed by atoms with Gasteiger partial charge in [-0.25, -0.2) is 4.98 Å². The van der Waals surface area contributed by atoms with Crippen molar-refractivity contribution in [2.75, 3.05) is 11.5 Å². The van der Waals surface area contributed by atoms with Crippen molar-refractivity contribution in [2.24, 2.45) is 5.92 Å². The van der Waals surface area contributed by atoms with Crippen molar-refractivity contribution in [1.82, 2.24) is 19.9 Å². The summed E-state index contributed by atoms with van der Waals surface area (Å²) < 4.78 is 2.25. The Morgan fingerprint density at radius 3 is 2.61 bits per heavy atom. The second-order valence-corrected chi connectivity index (χ2v) is 9.26. The molecule has 1 atom stereocenters. The van der Waals surface area contributed by atoms with E-state index in [4.69, 9.17) is 4.98 Å². The number of thioether (sulfide) groups is 1. The van der Waals surface area contributed by atoms with Crippen molar-refractivity contribution in [1.29, 1.82) is 0 Å². The quantitative estimate of drug-likeness (QED) is 0.645. The Hall–Kier alpha value is -2.21.